The standard InChI is InChI=1S/C16H17F3N6S/c1-20-15(22-8-14-25-12(9-26-14)16(17,18)19)21-7-6-13-23-10-4-2-3-5-11(10)24-13/h2-5,9H,6-8H2,1H3,(H,23,24)(H2,20,21,22). The number of rotatable bonds is 5. The molecule has 0 atom stereocenters. The van der Waals surface area contributed by atoms with Gasteiger partial charge in [-0.15, -0.1) is 11.3 Å². The van der Waals surface area contributed by atoms with E-state index in [1.807, 2.05) is 24.3 Å². The third-order valence-corrected chi connectivity index (χ3v) is 4.41. The van der Waals surface area contributed by atoms with Gasteiger partial charge < -0.3 is 15.6 Å². The Balaban J connectivity index is 1.48. The number of aromatic nitrogens is 3. The monoisotopic (exact) mass is 382 g/mol. The zero-order valence-corrected chi connectivity index (χ0v) is 14.7. The molecule has 26 heavy (non-hydrogen) atoms. The second-order valence-corrected chi connectivity index (χ2v) is 6.37. The second-order valence-electron chi connectivity index (χ2n) is 5.43. The maximum absolute atomic E-state index is 12.5. The smallest absolute Gasteiger partial charge is 0.356 e. The zero-order valence-electron chi connectivity index (χ0n) is 13.9. The van der Waals surface area contributed by atoms with Crippen molar-refractivity contribution in [3.63, 3.8) is 0 Å². The molecule has 0 saturated carbocycles. The highest BCUT2D eigenvalue weighted by molar-refractivity contribution is 7.09. The molecular formula is C16H17F3N6S. The molecule has 0 aliphatic carbocycles. The number of hydrogen-bond donors (Lipinski definition) is 3. The summed E-state index contributed by atoms with van der Waals surface area (Å²) < 4.78 is 37.6. The quantitative estimate of drug-likeness (QED) is 0.468. The van der Waals surface area contributed by atoms with Gasteiger partial charge in [0, 0.05) is 25.4 Å². The minimum Gasteiger partial charge on any atom is -0.356 e. The van der Waals surface area contributed by atoms with Crippen molar-refractivity contribution >= 4 is 28.3 Å². The number of aromatic amines is 1. The van der Waals surface area contributed by atoms with E-state index in [1.54, 1.807) is 7.05 Å². The summed E-state index contributed by atoms with van der Waals surface area (Å²) in [5, 5.41) is 7.41. The van der Waals surface area contributed by atoms with Gasteiger partial charge in [-0.05, 0) is 12.1 Å². The fourth-order valence-corrected chi connectivity index (χ4v) is 3.07. The Kier molecular flexibility index (Phi) is 5.40. The largest absolute Gasteiger partial charge is 0.434 e. The van der Waals surface area contributed by atoms with Crippen molar-refractivity contribution in [2.45, 2.75) is 19.1 Å². The predicted octanol–water partition coefficient (Wildman–Crippen LogP) is 2.95. The number of nitrogens with one attached hydrogen (secondary N) is 3. The van der Waals surface area contributed by atoms with Crippen LogP contribution in [0.15, 0.2) is 34.6 Å². The van der Waals surface area contributed by atoms with Crippen molar-refractivity contribution in [2.24, 2.45) is 4.99 Å². The van der Waals surface area contributed by atoms with Gasteiger partial charge in [0.15, 0.2) is 11.7 Å². The van der Waals surface area contributed by atoms with Crippen molar-refractivity contribution in [2.75, 3.05) is 13.6 Å². The summed E-state index contributed by atoms with van der Waals surface area (Å²) in [5.74, 6) is 1.34. The molecule has 6 nitrogen and oxygen atoms in total. The lowest BCUT2D eigenvalue weighted by Crippen LogP contribution is -2.37. The highest BCUT2D eigenvalue weighted by Crippen LogP contribution is 2.29. The zero-order chi connectivity index (χ0) is 18.6. The maximum atomic E-state index is 12.5. The molecule has 0 spiro atoms. The first-order valence-corrected chi connectivity index (χ1v) is 8.73. The van der Waals surface area contributed by atoms with Crippen LogP contribution in [-0.2, 0) is 19.1 Å². The Morgan fingerprint density at radius 2 is 2.04 bits per heavy atom. The van der Waals surface area contributed by atoms with E-state index >= 15 is 0 Å². The normalized spacial score (nSPS) is 12.5. The number of thiazole rings is 1. The first kappa shape index (κ1) is 18.2. The molecule has 0 aliphatic heterocycles. The molecule has 1 aromatic carbocycles. The summed E-state index contributed by atoms with van der Waals surface area (Å²) >= 11 is 0.961. The lowest BCUT2D eigenvalue weighted by Gasteiger charge is -2.10. The SMILES string of the molecule is CN=C(NCCc1nc2ccccc2[nH]1)NCc1nc(C(F)(F)F)cs1. The summed E-state index contributed by atoms with van der Waals surface area (Å²) in [5.41, 5.74) is 1.02. The van der Waals surface area contributed by atoms with E-state index in [0.717, 1.165) is 33.6 Å². The minimum absolute atomic E-state index is 0.172. The van der Waals surface area contributed by atoms with Crippen LogP contribution in [0.25, 0.3) is 11.0 Å². The molecule has 138 valence electrons. The van der Waals surface area contributed by atoms with E-state index in [9.17, 15) is 13.2 Å². The number of benzene rings is 1. The average molecular weight is 382 g/mol. The van der Waals surface area contributed by atoms with Crippen LogP contribution in [-0.4, -0.2) is 34.5 Å². The van der Waals surface area contributed by atoms with Gasteiger partial charge in [-0.3, -0.25) is 4.99 Å². The molecule has 0 fully saturated rings. The summed E-state index contributed by atoms with van der Waals surface area (Å²) in [6.45, 7) is 0.746. The Morgan fingerprint density at radius 3 is 2.73 bits per heavy atom. The van der Waals surface area contributed by atoms with E-state index in [1.165, 1.54) is 0 Å². The number of guanidine groups is 1. The Morgan fingerprint density at radius 1 is 1.23 bits per heavy atom. The number of halogens is 3. The van der Waals surface area contributed by atoms with Gasteiger partial charge in [0.2, 0.25) is 0 Å². The number of nitrogens with zero attached hydrogens (tertiary/aromatic N) is 3. The van der Waals surface area contributed by atoms with Crippen molar-refractivity contribution < 1.29 is 13.2 Å². The Hall–Kier alpha value is -2.62. The molecule has 3 rings (SSSR count). The van der Waals surface area contributed by atoms with Gasteiger partial charge in [-0.25, -0.2) is 9.97 Å². The number of hydrogen-bond acceptors (Lipinski definition) is 4. The van der Waals surface area contributed by atoms with Crippen LogP contribution in [0.3, 0.4) is 0 Å². The van der Waals surface area contributed by atoms with Crippen LogP contribution in [0.1, 0.15) is 16.5 Å². The summed E-state index contributed by atoms with van der Waals surface area (Å²) in [7, 11) is 1.60. The number of alkyl halides is 3. The topological polar surface area (TPSA) is 78.0 Å². The second kappa shape index (κ2) is 7.73. The molecule has 0 aliphatic rings. The number of para-hydroxylation sites is 2. The molecule has 2 aromatic heterocycles. The Bertz CT molecular complexity index is 866. The third kappa shape index (κ3) is 4.51. The van der Waals surface area contributed by atoms with Crippen LogP contribution in [0.5, 0.6) is 0 Å². The summed E-state index contributed by atoms with van der Waals surface area (Å²) in [4.78, 5) is 15.3. The van der Waals surface area contributed by atoms with E-state index in [0.29, 0.717) is 23.9 Å². The molecular weight excluding hydrogens is 365 g/mol. The molecule has 0 amide bonds. The minimum atomic E-state index is -4.42. The number of imidazole rings is 1. The van der Waals surface area contributed by atoms with Gasteiger partial charge in [-0.1, -0.05) is 12.1 Å². The summed E-state index contributed by atoms with van der Waals surface area (Å²) in [6, 6.07) is 7.77. The third-order valence-electron chi connectivity index (χ3n) is 3.57. The van der Waals surface area contributed by atoms with Crippen LogP contribution >= 0.6 is 11.3 Å². The lowest BCUT2D eigenvalue weighted by molar-refractivity contribution is -0.140. The summed E-state index contributed by atoms with van der Waals surface area (Å²) in [6.07, 6.45) is -3.76. The highest BCUT2D eigenvalue weighted by atomic mass is 32.1. The van der Waals surface area contributed by atoms with E-state index < -0.39 is 11.9 Å². The fourth-order valence-electron chi connectivity index (χ4n) is 2.33. The Labute approximate surface area is 151 Å². The highest BCUT2D eigenvalue weighted by Gasteiger charge is 2.33. The molecule has 0 bridgehead atoms. The molecule has 0 saturated heterocycles. The van der Waals surface area contributed by atoms with Gasteiger partial charge >= 0.3 is 6.18 Å². The first-order valence-electron chi connectivity index (χ1n) is 7.85. The molecule has 0 unspecified atom stereocenters. The lowest BCUT2D eigenvalue weighted by atomic mass is 10.3. The van der Waals surface area contributed by atoms with Crippen LogP contribution in [0.2, 0.25) is 0 Å². The van der Waals surface area contributed by atoms with Crippen molar-refractivity contribution in [1.29, 1.82) is 0 Å². The van der Waals surface area contributed by atoms with Gasteiger partial charge in [0.05, 0.1) is 17.6 Å². The predicted molar refractivity (Wildman–Crippen MR) is 95.1 cm³/mol. The van der Waals surface area contributed by atoms with E-state index in [2.05, 4.69) is 30.6 Å². The van der Waals surface area contributed by atoms with Crippen LogP contribution in [0.4, 0.5) is 13.2 Å². The molecule has 10 heteroatoms. The van der Waals surface area contributed by atoms with E-state index in [4.69, 9.17) is 0 Å². The molecule has 3 aromatic rings. The molecule has 2 heterocycles. The molecule has 0 radical (unpaired) electrons. The average Bonchev–Trinajstić information content (AvgIpc) is 3.23. The number of fused-ring (bicyclic) bond motifs is 1. The van der Waals surface area contributed by atoms with Crippen molar-refractivity contribution in [3.05, 3.63) is 46.2 Å². The molecule has 3 N–H and O–H groups in total. The van der Waals surface area contributed by atoms with Crippen molar-refractivity contribution in [1.82, 2.24) is 25.6 Å². The van der Waals surface area contributed by atoms with Crippen LogP contribution in [0, 0.1) is 0 Å². The first-order chi connectivity index (χ1) is 12.5. The fraction of sp³-hybridized carbons (Fsp3) is 0.312. The van der Waals surface area contributed by atoms with Gasteiger partial charge in [-0.2, -0.15) is 13.2 Å². The van der Waals surface area contributed by atoms with E-state index in [-0.39, 0.29) is 6.54 Å². The van der Waals surface area contributed by atoms with Gasteiger partial charge in [0.1, 0.15) is 10.8 Å². The number of aliphatic imine (C=N–C) groups is 1. The van der Waals surface area contributed by atoms with Crippen LogP contribution < -0.4 is 10.6 Å². The van der Waals surface area contributed by atoms with Gasteiger partial charge in [0.25, 0.3) is 0 Å². The number of H-pyrrole nitrogens is 1. The maximum Gasteiger partial charge on any atom is 0.434 e. The van der Waals surface area contributed by atoms with Crippen molar-refractivity contribution in [3.8, 4) is 0 Å².